The first-order valence-electron chi connectivity index (χ1n) is 7.82. The lowest BCUT2D eigenvalue weighted by molar-refractivity contribution is 0.466. The van der Waals surface area contributed by atoms with Gasteiger partial charge in [-0.05, 0) is 48.0 Å². The predicted octanol–water partition coefficient (Wildman–Crippen LogP) is 5.03. The van der Waals surface area contributed by atoms with Gasteiger partial charge in [0.2, 0.25) is 0 Å². The Morgan fingerprint density at radius 1 is 1.14 bits per heavy atom. The molecule has 0 amide bonds. The third kappa shape index (κ3) is 7.16. The van der Waals surface area contributed by atoms with Gasteiger partial charge in [-0.15, -0.1) is 0 Å². The molecule has 1 atom stereocenters. The lowest BCUT2D eigenvalue weighted by Gasteiger charge is -2.18. The largest absolute Gasteiger partial charge is 0.330 e. The van der Waals surface area contributed by atoms with Crippen LogP contribution in [0.3, 0.4) is 0 Å². The monoisotopic (exact) mass is 307 g/mol. The minimum Gasteiger partial charge on any atom is -0.330 e. The first kappa shape index (κ1) is 18.3. The van der Waals surface area contributed by atoms with Crippen molar-refractivity contribution in [1.82, 2.24) is 5.32 Å². The fourth-order valence-corrected chi connectivity index (χ4v) is 2.41. The Hall–Kier alpha value is -0.770. The van der Waals surface area contributed by atoms with Crippen LogP contribution in [0.2, 0.25) is 0 Å². The maximum absolute atomic E-state index is 8.73. The lowest BCUT2D eigenvalue weighted by Crippen LogP contribution is -2.32. The number of rotatable bonds is 9. The van der Waals surface area contributed by atoms with Crippen molar-refractivity contribution < 1.29 is 4.55 Å². The van der Waals surface area contributed by atoms with E-state index in [1.807, 2.05) is 0 Å². The summed E-state index contributed by atoms with van der Waals surface area (Å²) < 4.78 is 8.73. The van der Waals surface area contributed by atoms with Gasteiger partial charge in [0.1, 0.15) is 0 Å². The quantitative estimate of drug-likeness (QED) is 0.495. The summed E-state index contributed by atoms with van der Waals surface area (Å²) in [4.78, 5) is 0. The Kier molecular flexibility index (Phi) is 8.74. The Bertz CT molecular complexity index is 412. The van der Waals surface area contributed by atoms with E-state index in [2.05, 4.69) is 69.4 Å². The first-order valence-corrected chi connectivity index (χ1v) is 8.76. The maximum Gasteiger partial charge on any atom is 0.0276 e. The molecular formula is C18H29NOS. The van der Waals surface area contributed by atoms with Crippen LogP contribution in [0.15, 0.2) is 30.3 Å². The molecule has 0 spiro atoms. The highest BCUT2D eigenvalue weighted by molar-refractivity contribution is 7.93. The molecule has 2 N–H and O–H groups in total. The van der Waals surface area contributed by atoms with Crippen molar-refractivity contribution in [3.63, 3.8) is 0 Å². The van der Waals surface area contributed by atoms with Crippen LogP contribution >= 0.6 is 12.0 Å². The zero-order chi connectivity index (χ0) is 15.7. The summed E-state index contributed by atoms with van der Waals surface area (Å²) in [6, 6.07) is 9.16. The van der Waals surface area contributed by atoms with Gasteiger partial charge < -0.3 is 9.87 Å². The van der Waals surface area contributed by atoms with Gasteiger partial charge in [0.25, 0.3) is 0 Å². The number of hydrogen-bond acceptors (Lipinski definition) is 3. The van der Waals surface area contributed by atoms with Gasteiger partial charge in [0, 0.05) is 11.8 Å². The zero-order valence-corrected chi connectivity index (χ0v) is 14.5. The van der Waals surface area contributed by atoms with Crippen molar-refractivity contribution in [2.75, 3.05) is 12.3 Å². The molecule has 0 aliphatic heterocycles. The van der Waals surface area contributed by atoms with E-state index in [4.69, 9.17) is 4.55 Å². The Balaban J connectivity index is 2.56. The summed E-state index contributed by atoms with van der Waals surface area (Å²) in [5.41, 5.74) is 2.63. The fourth-order valence-electron chi connectivity index (χ4n) is 2.14. The highest BCUT2D eigenvalue weighted by Gasteiger charge is 2.08. The van der Waals surface area contributed by atoms with Crippen LogP contribution in [0, 0.1) is 5.92 Å². The highest BCUT2D eigenvalue weighted by atomic mass is 32.2. The van der Waals surface area contributed by atoms with Crippen LogP contribution in [-0.2, 0) is 0 Å². The third-order valence-electron chi connectivity index (χ3n) is 3.61. The Morgan fingerprint density at radius 2 is 1.81 bits per heavy atom. The van der Waals surface area contributed by atoms with Crippen molar-refractivity contribution in [3.8, 4) is 0 Å². The average molecular weight is 308 g/mol. The molecule has 2 nitrogen and oxygen atoms in total. The number of benzene rings is 1. The van der Waals surface area contributed by atoms with Crippen LogP contribution in [0.1, 0.15) is 51.2 Å². The summed E-state index contributed by atoms with van der Waals surface area (Å²) in [7, 11) is 0. The van der Waals surface area contributed by atoms with Crippen LogP contribution in [0.4, 0.5) is 0 Å². The second-order valence-corrected chi connectivity index (χ2v) is 6.76. The molecule has 0 fully saturated rings. The summed E-state index contributed by atoms with van der Waals surface area (Å²) in [5.74, 6) is 1.92. The highest BCUT2D eigenvalue weighted by Crippen LogP contribution is 2.16. The van der Waals surface area contributed by atoms with Gasteiger partial charge in [-0.25, -0.2) is 0 Å². The molecule has 0 saturated heterocycles. The summed E-state index contributed by atoms with van der Waals surface area (Å²) in [6.45, 7) is 9.82. The lowest BCUT2D eigenvalue weighted by atomic mass is 10.00. The van der Waals surface area contributed by atoms with Crippen molar-refractivity contribution in [3.05, 3.63) is 41.5 Å². The van der Waals surface area contributed by atoms with Crippen molar-refractivity contribution >= 4 is 18.1 Å². The van der Waals surface area contributed by atoms with Gasteiger partial charge in [-0.1, -0.05) is 64.1 Å². The minimum absolute atomic E-state index is 0.374. The Morgan fingerprint density at radius 3 is 2.33 bits per heavy atom. The predicted molar refractivity (Wildman–Crippen MR) is 95.9 cm³/mol. The van der Waals surface area contributed by atoms with E-state index in [-0.39, 0.29) is 0 Å². The number of hydrogen-bond donors (Lipinski definition) is 2. The molecule has 0 aliphatic carbocycles. The smallest absolute Gasteiger partial charge is 0.0276 e. The normalized spacial score (nSPS) is 13.5. The molecule has 0 radical (unpaired) electrons. The van der Waals surface area contributed by atoms with Crippen LogP contribution in [0.25, 0.3) is 6.08 Å². The van der Waals surface area contributed by atoms with Crippen molar-refractivity contribution in [2.24, 2.45) is 5.92 Å². The Labute approximate surface area is 134 Å². The molecule has 3 heteroatoms. The van der Waals surface area contributed by atoms with E-state index < -0.39 is 0 Å². The third-order valence-corrected chi connectivity index (χ3v) is 4.08. The molecule has 21 heavy (non-hydrogen) atoms. The topological polar surface area (TPSA) is 32.3 Å². The van der Waals surface area contributed by atoms with E-state index in [0.29, 0.717) is 17.9 Å². The summed E-state index contributed by atoms with van der Waals surface area (Å²) in [5, 5.41) is 3.54. The van der Waals surface area contributed by atoms with E-state index in [1.165, 1.54) is 11.1 Å². The second kappa shape index (κ2) is 10.0. The van der Waals surface area contributed by atoms with Gasteiger partial charge in [-0.2, -0.15) is 0 Å². The van der Waals surface area contributed by atoms with Crippen LogP contribution in [0.5, 0.6) is 0 Å². The van der Waals surface area contributed by atoms with E-state index in [1.54, 1.807) is 0 Å². The van der Waals surface area contributed by atoms with Gasteiger partial charge >= 0.3 is 0 Å². The van der Waals surface area contributed by atoms with E-state index in [9.17, 15) is 0 Å². The molecule has 0 bridgehead atoms. The molecular weight excluding hydrogens is 278 g/mol. The molecule has 0 aliphatic rings. The van der Waals surface area contributed by atoms with Crippen LogP contribution < -0.4 is 5.32 Å². The molecule has 1 unspecified atom stereocenters. The first-order chi connectivity index (χ1) is 10.0. The fraction of sp³-hybridized carbons (Fsp3) is 0.556. The molecule has 0 saturated carbocycles. The van der Waals surface area contributed by atoms with Gasteiger partial charge in [0.15, 0.2) is 0 Å². The molecule has 118 valence electrons. The SMILES string of the molecule is CC(C)c1ccc(/C=C/C(NCCCSO)C(C)C)cc1. The van der Waals surface area contributed by atoms with Crippen molar-refractivity contribution in [2.45, 2.75) is 46.1 Å². The zero-order valence-electron chi connectivity index (χ0n) is 13.7. The molecule has 1 rings (SSSR count). The average Bonchev–Trinajstić information content (AvgIpc) is 2.46. The van der Waals surface area contributed by atoms with Gasteiger partial charge in [-0.3, -0.25) is 0 Å². The number of nitrogens with one attached hydrogen (secondary N) is 1. The summed E-state index contributed by atoms with van der Waals surface area (Å²) >= 11 is 0.917. The van der Waals surface area contributed by atoms with Crippen LogP contribution in [-0.4, -0.2) is 22.9 Å². The molecule has 0 aromatic heterocycles. The van der Waals surface area contributed by atoms with E-state index >= 15 is 0 Å². The maximum atomic E-state index is 8.73. The van der Waals surface area contributed by atoms with Gasteiger partial charge in [0.05, 0.1) is 0 Å². The standard InChI is InChI=1S/C18H29NOS/c1-14(2)17-9-6-16(7-10-17)8-11-18(15(3)4)19-12-5-13-21-20/h6-11,14-15,18-20H,5,12-13H2,1-4H3/b11-8+. The second-order valence-electron chi connectivity index (χ2n) is 6.09. The summed E-state index contributed by atoms with van der Waals surface area (Å²) in [6.07, 6.45) is 5.44. The molecule has 1 aromatic carbocycles. The van der Waals surface area contributed by atoms with E-state index in [0.717, 1.165) is 30.8 Å². The van der Waals surface area contributed by atoms with Crippen molar-refractivity contribution in [1.29, 1.82) is 0 Å². The molecule has 1 aromatic rings. The minimum atomic E-state index is 0.374. The molecule has 0 heterocycles.